The van der Waals surface area contributed by atoms with E-state index in [-0.39, 0.29) is 5.91 Å². The third-order valence-corrected chi connectivity index (χ3v) is 3.85. The number of amides is 1. The highest BCUT2D eigenvalue weighted by molar-refractivity contribution is 7.82. The Balaban J connectivity index is 2.22. The van der Waals surface area contributed by atoms with Crippen molar-refractivity contribution in [2.45, 2.75) is 37.7 Å². The Labute approximate surface area is 153 Å². The van der Waals surface area contributed by atoms with Crippen molar-refractivity contribution in [3.8, 4) is 30.4 Å². The van der Waals surface area contributed by atoms with Gasteiger partial charge >= 0.3 is 0 Å². The largest absolute Gasteiger partial charge is 0.468 e. The van der Waals surface area contributed by atoms with Crippen LogP contribution in [0.15, 0.2) is 30.5 Å². The van der Waals surface area contributed by atoms with E-state index >= 15 is 0 Å². The van der Waals surface area contributed by atoms with E-state index in [0.29, 0.717) is 17.7 Å². The predicted molar refractivity (Wildman–Crippen MR) is 103 cm³/mol. The molecule has 5 heteroatoms. The lowest BCUT2D eigenvalue weighted by atomic mass is 10.0. The molecule has 1 N–H and O–H groups in total. The normalized spacial score (nSPS) is 13.4. The third kappa shape index (κ3) is 4.68. The number of benzene rings is 1. The molecule has 0 bridgehead atoms. The molecule has 2 aromatic rings. The Morgan fingerprint density at radius 3 is 2.68 bits per heavy atom. The zero-order valence-corrected chi connectivity index (χ0v) is 15.4. The molecule has 0 aliphatic heterocycles. The van der Waals surface area contributed by atoms with E-state index in [1.807, 2.05) is 19.9 Å². The van der Waals surface area contributed by atoms with Gasteiger partial charge in [0.05, 0.1) is 5.52 Å². The summed E-state index contributed by atoms with van der Waals surface area (Å²) in [6.45, 7) is 5.27. The summed E-state index contributed by atoms with van der Waals surface area (Å²) in [5.74, 6) is 5.21. The van der Waals surface area contributed by atoms with Crippen molar-refractivity contribution < 1.29 is 9.53 Å². The highest BCUT2D eigenvalue weighted by atomic mass is 32.1. The van der Waals surface area contributed by atoms with Crippen LogP contribution in [0.3, 0.4) is 0 Å². The minimum Gasteiger partial charge on any atom is -0.468 e. The number of ether oxygens (including phenoxy) is 1. The summed E-state index contributed by atoms with van der Waals surface area (Å²) in [6, 6.07) is 7.15. The summed E-state index contributed by atoms with van der Waals surface area (Å²) >= 11 is 4.37. The van der Waals surface area contributed by atoms with Gasteiger partial charge in [0.15, 0.2) is 0 Å². The topological polar surface area (TPSA) is 51.2 Å². The fraction of sp³-hybridized carbons (Fsp3) is 0.300. The summed E-state index contributed by atoms with van der Waals surface area (Å²) in [5, 5.41) is 3.68. The second kappa shape index (κ2) is 7.09. The number of nitrogens with one attached hydrogen (secondary N) is 1. The second-order valence-corrected chi connectivity index (χ2v) is 7.38. The van der Waals surface area contributed by atoms with Gasteiger partial charge < -0.3 is 10.1 Å². The van der Waals surface area contributed by atoms with Crippen LogP contribution < -0.4 is 10.1 Å². The van der Waals surface area contributed by atoms with Crippen molar-refractivity contribution in [3.05, 3.63) is 36.0 Å². The van der Waals surface area contributed by atoms with Gasteiger partial charge in [0.2, 0.25) is 4.93 Å². The molecule has 0 radical (unpaired) electrons. The van der Waals surface area contributed by atoms with Gasteiger partial charge in [0.1, 0.15) is 5.75 Å². The highest BCUT2D eigenvalue weighted by Crippen LogP contribution is 2.26. The lowest BCUT2D eigenvalue weighted by molar-refractivity contribution is -0.130. The lowest BCUT2D eigenvalue weighted by Gasteiger charge is -2.30. The first-order chi connectivity index (χ1) is 11.7. The Kier molecular flexibility index (Phi) is 5.30. The van der Waals surface area contributed by atoms with Crippen LogP contribution in [-0.2, 0) is 4.79 Å². The van der Waals surface area contributed by atoms with Crippen LogP contribution in [0.25, 0.3) is 10.9 Å². The maximum Gasteiger partial charge on any atom is 0.274 e. The third-order valence-electron chi connectivity index (χ3n) is 3.55. The van der Waals surface area contributed by atoms with Crippen molar-refractivity contribution in [1.29, 1.82) is 0 Å². The van der Waals surface area contributed by atoms with Crippen molar-refractivity contribution in [3.63, 3.8) is 0 Å². The van der Waals surface area contributed by atoms with Crippen molar-refractivity contribution in [2.75, 3.05) is 0 Å². The van der Waals surface area contributed by atoms with Crippen LogP contribution in [0, 0.1) is 24.7 Å². The molecule has 25 heavy (non-hydrogen) atoms. The van der Waals surface area contributed by atoms with E-state index < -0.39 is 10.5 Å². The zero-order chi connectivity index (χ0) is 18.7. The molecule has 0 saturated heterocycles. The first-order valence-electron chi connectivity index (χ1n) is 7.71. The standard InChI is InChI=1S/C20H20N2O2S/c1-6-10-19(3,4)22-18(23)20(5,25)24-16-8-9-17-15(12-16)11-14(7-2)13-21-17/h1-2,8-9,11-13,25H,10H2,3-5H3,(H,22,23). The molecule has 1 heterocycles. The predicted octanol–water partition coefficient (Wildman–Crippen LogP) is 3.16. The summed E-state index contributed by atoms with van der Waals surface area (Å²) < 4.78 is 5.79. The maximum atomic E-state index is 12.5. The minimum absolute atomic E-state index is 0.369. The molecule has 0 aliphatic rings. The molecule has 1 unspecified atom stereocenters. The lowest BCUT2D eigenvalue weighted by Crippen LogP contribution is -2.52. The van der Waals surface area contributed by atoms with Crippen LogP contribution in [0.2, 0.25) is 0 Å². The monoisotopic (exact) mass is 352 g/mol. The van der Waals surface area contributed by atoms with Gasteiger partial charge in [-0.1, -0.05) is 5.92 Å². The molecule has 1 aromatic heterocycles. The minimum atomic E-state index is -1.36. The molecule has 4 nitrogen and oxygen atoms in total. The second-order valence-electron chi connectivity index (χ2n) is 6.53. The van der Waals surface area contributed by atoms with Crippen LogP contribution in [0.4, 0.5) is 0 Å². The highest BCUT2D eigenvalue weighted by Gasteiger charge is 2.34. The van der Waals surface area contributed by atoms with E-state index in [4.69, 9.17) is 17.6 Å². The fourth-order valence-electron chi connectivity index (χ4n) is 2.25. The number of terminal acetylenes is 2. The van der Waals surface area contributed by atoms with E-state index in [0.717, 1.165) is 10.9 Å². The number of carbonyl (C=O) groups excluding carboxylic acids is 1. The number of nitrogens with zero attached hydrogens (tertiary/aromatic N) is 1. The summed E-state index contributed by atoms with van der Waals surface area (Å²) in [4.78, 5) is 15.4. The van der Waals surface area contributed by atoms with E-state index in [9.17, 15) is 4.79 Å². The molecular formula is C20H20N2O2S. The van der Waals surface area contributed by atoms with E-state index in [2.05, 4.69) is 34.8 Å². The molecule has 2 rings (SSSR count). The molecule has 128 valence electrons. The van der Waals surface area contributed by atoms with E-state index in [1.165, 1.54) is 0 Å². The van der Waals surface area contributed by atoms with E-state index in [1.54, 1.807) is 31.3 Å². The Morgan fingerprint density at radius 2 is 2.04 bits per heavy atom. The number of fused-ring (bicyclic) bond motifs is 1. The first kappa shape index (κ1) is 18.7. The average molecular weight is 352 g/mol. The quantitative estimate of drug-likeness (QED) is 0.494. The molecular weight excluding hydrogens is 332 g/mol. The number of rotatable bonds is 5. The number of hydrogen-bond acceptors (Lipinski definition) is 4. The Bertz CT molecular complexity index is 889. The SMILES string of the molecule is C#CCC(C)(C)NC(=O)C(C)(S)Oc1ccc2ncc(C#C)cc2c1. The number of pyridine rings is 1. The van der Waals surface area contributed by atoms with Crippen molar-refractivity contribution in [1.82, 2.24) is 10.3 Å². The molecule has 1 aromatic carbocycles. The molecule has 0 saturated carbocycles. The fourth-order valence-corrected chi connectivity index (χ4v) is 2.41. The molecule has 0 aliphatic carbocycles. The Morgan fingerprint density at radius 1 is 1.32 bits per heavy atom. The summed E-state index contributed by atoms with van der Waals surface area (Å²) in [7, 11) is 0. The van der Waals surface area contributed by atoms with Crippen LogP contribution in [-0.4, -0.2) is 21.4 Å². The smallest absolute Gasteiger partial charge is 0.274 e. The van der Waals surface area contributed by atoms with Gasteiger partial charge in [-0.25, -0.2) is 0 Å². The number of thiol groups is 1. The molecule has 1 atom stereocenters. The molecule has 0 fully saturated rings. The van der Waals surface area contributed by atoms with Crippen LogP contribution in [0.1, 0.15) is 32.8 Å². The van der Waals surface area contributed by atoms with Gasteiger partial charge in [-0.05, 0) is 45.0 Å². The number of hydrogen-bond donors (Lipinski definition) is 2. The van der Waals surface area contributed by atoms with Gasteiger partial charge in [0.25, 0.3) is 5.91 Å². The zero-order valence-electron chi connectivity index (χ0n) is 14.5. The van der Waals surface area contributed by atoms with Crippen molar-refractivity contribution in [2.24, 2.45) is 0 Å². The average Bonchev–Trinajstić information content (AvgIpc) is 2.53. The summed E-state index contributed by atoms with van der Waals surface area (Å²) in [6.07, 6.45) is 12.8. The van der Waals surface area contributed by atoms with Crippen LogP contribution >= 0.6 is 12.6 Å². The Hall–Kier alpha value is -2.63. The first-order valence-corrected chi connectivity index (χ1v) is 8.15. The number of carbonyl (C=O) groups is 1. The maximum absolute atomic E-state index is 12.5. The van der Waals surface area contributed by atoms with Gasteiger partial charge in [-0.2, -0.15) is 0 Å². The van der Waals surface area contributed by atoms with Crippen molar-refractivity contribution >= 4 is 29.4 Å². The van der Waals surface area contributed by atoms with Crippen LogP contribution in [0.5, 0.6) is 5.75 Å². The van der Waals surface area contributed by atoms with Gasteiger partial charge in [-0.15, -0.1) is 31.4 Å². The van der Waals surface area contributed by atoms with Gasteiger partial charge in [0, 0.05) is 29.1 Å². The summed E-state index contributed by atoms with van der Waals surface area (Å²) in [5.41, 5.74) is 0.910. The molecule has 0 spiro atoms. The molecule has 1 amide bonds. The van der Waals surface area contributed by atoms with Gasteiger partial charge in [-0.3, -0.25) is 9.78 Å². The number of aromatic nitrogens is 1.